The molecule has 2 N–H and O–H groups in total. The number of nitrogens with zero attached hydrogens (tertiary/aromatic N) is 2. The number of fused-ring (bicyclic) bond motifs is 1. The third-order valence-electron chi connectivity index (χ3n) is 3.91. The zero-order valence-electron chi connectivity index (χ0n) is 12.7. The zero-order chi connectivity index (χ0) is 16.1. The molecule has 0 spiro atoms. The van der Waals surface area contributed by atoms with Gasteiger partial charge in [-0.2, -0.15) is 0 Å². The third kappa shape index (κ3) is 3.40. The second-order valence-corrected chi connectivity index (χ2v) is 5.40. The van der Waals surface area contributed by atoms with Gasteiger partial charge < -0.3 is 10.4 Å². The van der Waals surface area contributed by atoms with Crippen LogP contribution in [0.2, 0.25) is 0 Å². The fraction of sp³-hybridized carbons (Fsp3) is 0.222. The molecule has 23 heavy (non-hydrogen) atoms. The number of aliphatic hydroxyl groups excluding tert-OH is 1. The Morgan fingerprint density at radius 3 is 2.74 bits per heavy atom. The molecule has 3 aromatic rings. The van der Waals surface area contributed by atoms with Crippen LogP contribution < -0.4 is 5.32 Å². The number of nitrogens with one attached hydrogen (secondary N) is 1. The monoisotopic (exact) mass is 309 g/mol. The highest BCUT2D eigenvalue weighted by atomic mass is 16.3. The van der Waals surface area contributed by atoms with E-state index in [0.717, 1.165) is 11.2 Å². The summed E-state index contributed by atoms with van der Waals surface area (Å²) in [6, 6.07) is 15.5. The lowest BCUT2D eigenvalue weighted by molar-refractivity contribution is 0.0943. The number of aromatic nitrogens is 2. The highest BCUT2D eigenvalue weighted by Gasteiger charge is 2.15. The first kappa shape index (κ1) is 15.2. The molecule has 0 saturated carbocycles. The Hall–Kier alpha value is -2.66. The molecule has 1 amide bonds. The van der Waals surface area contributed by atoms with Gasteiger partial charge in [-0.15, -0.1) is 0 Å². The molecule has 0 aliphatic rings. The molecule has 0 aliphatic heterocycles. The molecule has 5 heteroatoms. The third-order valence-corrected chi connectivity index (χ3v) is 3.91. The molecule has 3 rings (SSSR count). The van der Waals surface area contributed by atoms with Crippen LogP contribution in [0.3, 0.4) is 0 Å². The lowest BCUT2D eigenvalue weighted by atomic mass is 9.96. The molecule has 0 aliphatic carbocycles. The van der Waals surface area contributed by atoms with Crippen LogP contribution in [0.25, 0.3) is 5.65 Å². The van der Waals surface area contributed by atoms with Crippen molar-refractivity contribution in [1.29, 1.82) is 0 Å². The van der Waals surface area contributed by atoms with E-state index >= 15 is 0 Å². The van der Waals surface area contributed by atoms with E-state index in [9.17, 15) is 9.90 Å². The standard InChI is InChI=1S/C18H19N3O2/c22-11-9-15(14-6-2-1-3-7-14)12-20-18(23)16-13-19-17-8-4-5-10-21(16)17/h1-8,10,13,15,22H,9,11-12H2,(H,20,23). The maximum atomic E-state index is 12.4. The van der Waals surface area contributed by atoms with Gasteiger partial charge in [-0.05, 0) is 24.1 Å². The van der Waals surface area contributed by atoms with Gasteiger partial charge >= 0.3 is 0 Å². The van der Waals surface area contributed by atoms with Crippen LogP contribution in [-0.2, 0) is 0 Å². The Morgan fingerprint density at radius 1 is 1.17 bits per heavy atom. The van der Waals surface area contributed by atoms with Crippen molar-refractivity contribution >= 4 is 11.6 Å². The quantitative estimate of drug-likeness (QED) is 0.734. The van der Waals surface area contributed by atoms with Crippen LogP contribution in [-0.4, -0.2) is 33.6 Å². The normalized spacial score (nSPS) is 12.2. The van der Waals surface area contributed by atoms with Crippen LogP contribution in [0.15, 0.2) is 60.9 Å². The minimum Gasteiger partial charge on any atom is -0.396 e. The van der Waals surface area contributed by atoms with Gasteiger partial charge in [-0.25, -0.2) is 4.98 Å². The van der Waals surface area contributed by atoms with Gasteiger partial charge in [0.15, 0.2) is 0 Å². The summed E-state index contributed by atoms with van der Waals surface area (Å²) in [4.78, 5) is 16.6. The van der Waals surface area contributed by atoms with Gasteiger partial charge in [0.25, 0.3) is 5.91 Å². The average molecular weight is 309 g/mol. The van der Waals surface area contributed by atoms with Gasteiger partial charge in [-0.1, -0.05) is 36.4 Å². The van der Waals surface area contributed by atoms with Crippen molar-refractivity contribution in [3.8, 4) is 0 Å². The van der Waals surface area contributed by atoms with Crippen LogP contribution in [0.4, 0.5) is 0 Å². The Morgan fingerprint density at radius 2 is 1.96 bits per heavy atom. The molecule has 0 radical (unpaired) electrons. The van der Waals surface area contributed by atoms with Crippen molar-refractivity contribution in [3.05, 3.63) is 72.2 Å². The van der Waals surface area contributed by atoms with Crippen molar-refractivity contribution in [1.82, 2.24) is 14.7 Å². The van der Waals surface area contributed by atoms with Crippen LogP contribution >= 0.6 is 0 Å². The number of hydrogen-bond acceptors (Lipinski definition) is 3. The molecule has 0 fully saturated rings. The lowest BCUT2D eigenvalue weighted by Crippen LogP contribution is -2.29. The molecule has 2 aromatic heterocycles. The highest BCUT2D eigenvalue weighted by Crippen LogP contribution is 2.18. The van der Waals surface area contributed by atoms with Crippen molar-refractivity contribution in [3.63, 3.8) is 0 Å². The van der Waals surface area contributed by atoms with Crippen molar-refractivity contribution in [2.75, 3.05) is 13.2 Å². The molecule has 5 nitrogen and oxygen atoms in total. The first-order valence-corrected chi connectivity index (χ1v) is 7.65. The first-order valence-electron chi connectivity index (χ1n) is 7.65. The molecular weight excluding hydrogens is 290 g/mol. The summed E-state index contributed by atoms with van der Waals surface area (Å²) in [5, 5.41) is 12.2. The fourth-order valence-corrected chi connectivity index (χ4v) is 2.67. The van der Waals surface area contributed by atoms with Gasteiger partial charge in [0, 0.05) is 25.3 Å². The number of amides is 1. The largest absolute Gasteiger partial charge is 0.396 e. The predicted molar refractivity (Wildman–Crippen MR) is 88.4 cm³/mol. The Kier molecular flexibility index (Phi) is 4.68. The predicted octanol–water partition coefficient (Wildman–Crippen LogP) is 2.23. The van der Waals surface area contributed by atoms with Gasteiger partial charge in [0.2, 0.25) is 0 Å². The SMILES string of the molecule is O=C(NCC(CCO)c1ccccc1)c1cnc2ccccn12. The number of benzene rings is 1. The summed E-state index contributed by atoms with van der Waals surface area (Å²) in [6.07, 6.45) is 4.01. The second-order valence-electron chi connectivity index (χ2n) is 5.40. The summed E-state index contributed by atoms with van der Waals surface area (Å²) >= 11 is 0. The average Bonchev–Trinajstić information content (AvgIpc) is 3.03. The summed E-state index contributed by atoms with van der Waals surface area (Å²) in [5.41, 5.74) is 2.36. The molecule has 0 bridgehead atoms. The number of rotatable bonds is 6. The van der Waals surface area contributed by atoms with Gasteiger partial charge in [0.05, 0.1) is 6.20 Å². The number of imidazole rings is 1. The number of pyridine rings is 1. The van der Waals surface area contributed by atoms with E-state index in [1.165, 1.54) is 0 Å². The van der Waals surface area contributed by atoms with E-state index in [2.05, 4.69) is 10.3 Å². The topological polar surface area (TPSA) is 66.6 Å². The van der Waals surface area contributed by atoms with Crippen molar-refractivity contribution < 1.29 is 9.90 Å². The fourth-order valence-electron chi connectivity index (χ4n) is 2.67. The summed E-state index contributed by atoms with van der Waals surface area (Å²) in [5.74, 6) is -0.0769. The molecular formula is C18H19N3O2. The minimum absolute atomic E-state index is 0.0873. The van der Waals surface area contributed by atoms with E-state index in [1.54, 1.807) is 10.6 Å². The maximum absolute atomic E-state index is 12.4. The smallest absolute Gasteiger partial charge is 0.269 e. The summed E-state index contributed by atoms with van der Waals surface area (Å²) in [7, 11) is 0. The number of aliphatic hydroxyl groups is 1. The van der Waals surface area contributed by atoms with E-state index in [0.29, 0.717) is 18.7 Å². The van der Waals surface area contributed by atoms with Gasteiger partial charge in [-0.3, -0.25) is 9.20 Å². The van der Waals surface area contributed by atoms with Crippen molar-refractivity contribution in [2.45, 2.75) is 12.3 Å². The Balaban J connectivity index is 1.72. The first-order chi connectivity index (χ1) is 11.3. The minimum atomic E-state index is -0.164. The molecule has 1 aromatic carbocycles. The molecule has 2 heterocycles. The lowest BCUT2D eigenvalue weighted by Gasteiger charge is -2.17. The van der Waals surface area contributed by atoms with E-state index in [1.807, 2.05) is 54.7 Å². The number of carbonyl (C=O) groups excluding carboxylic acids is 1. The van der Waals surface area contributed by atoms with Crippen LogP contribution in [0, 0.1) is 0 Å². The second kappa shape index (κ2) is 7.07. The summed E-state index contributed by atoms with van der Waals surface area (Å²) < 4.78 is 1.76. The maximum Gasteiger partial charge on any atom is 0.269 e. The van der Waals surface area contributed by atoms with Crippen LogP contribution in [0.5, 0.6) is 0 Å². The van der Waals surface area contributed by atoms with Crippen LogP contribution in [0.1, 0.15) is 28.4 Å². The van der Waals surface area contributed by atoms with E-state index in [4.69, 9.17) is 0 Å². The van der Waals surface area contributed by atoms with Gasteiger partial charge in [0.1, 0.15) is 11.3 Å². The van der Waals surface area contributed by atoms with Crippen molar-refractivity contribution in [2.24, 2.45) is 0 Å². The zero-order valence-corrected chi connectivity index (χ0v) is 12.7. The molecule has 1 unspecified atom stereocenters. The Labute approximate surface area is 134 Å². The van der Waals surface area contributed by atoms with E-state index < -0.39 is 0 Å². The number of carbonyl (C=O) groups is 1. The molecule has 0 saturated heterocycles. The van der Waals surface area contributed by atoms with E-state index in [-0.39, 0.29) is 18.4 Å². The number of hydrogen-bond donors (Lipinski definition) is 2. The summed E-state index contributed by atoms with van der Waals surface area (Å²) in [6.45, 7) is 0.564. The molecule has 1 atom stereocenters. The highest BCUT2D eigenvalue weighted by molar-refractivity contribution is 5.93. The molecule has 118 valence electrons. The Bertz CT molecular complexity index is 783.